The molecule has 0 aliphatic heterocycles. The number of hydrogen-bond acceptors (Lipinski definition) is 3. The normalized spacial score (nSPS) is 18.8. The second kappa shape index (κ2) is 7.75. The molecular weight excluding hydrogens is 370 g/mol. The number of anilines is 1. The van der Waals surface area contributed by atoms with Gasteiger partial charge in [-0.2, -0.15) is 0 Å². The number of carbonyl (C=O) groups is 3. The quantitative estimate of drug-likeness (QED) is 0.709. The molecule has 3 rings (SSSR count). The van der Waals surface area contributed by atoms with Crippen molar-refractivity contribution in [3.8, 4) is 0 Å². The first kappa shape index (κ1) is 19.5. The molecule has 3 N–H and O–H groups in total. The maximum Gasteiger partial charge on any atom is 0.325 e. The molecule has 1 aliphatic rings. The van der Waals surface area contributed by atoms with Crippen molar-refractivity contribution in [3.63, 3.8) is 0 Å². The number of rotatable bonds is 6. The number of aliphatic carboxylic acids is 1. The van der Waals surface area contributed by atoms with Gasteiger partial charge >= 0.3 is 5.97 Å². The molecule has 0 aromatic heterocycles. The van der Waals surface area contributed by atoms with Crippen LogP contribution in [0.3, 0.4) is 0 Å². The molecule has 3 atom stereocenters. The summed E-state index contributed by atoms with van der Waals surface area (Å²) in [5.41, 5.74) is 1.03. The fourth-order valence-corrected chi connectivity index (χ4v) is 2.91. The standard InChI is InChI=1S/C20H18F2N2O4/c1-10(20(27)28)23-18(25)11-2-5-13(6-3-11)24-19(26)16-9-15(16)14-7-4-12(21)8-17(14)22/h2-8,10,15-16H,9H2,1H3,(H,23,25)(H,24,26)(H,27,28). The van der Waals surface area contributed by atoms with E-state index in [2.05, 4.69) is 10.6 Å². The van der Waals surface area contributed by atoms with Crippen molar-refractivity contribution < 1.29 is 28.3 Å². The molecule has 6 nitrogen and oxygen atoms in total. The molecule has 0 spiro atoms. The molecule has 146 valence electrons. The van der Waals surface area contributed by atoms with Crippen LogP contribution in [0.25, 0.3) is 0 Å². The summed E-state index contributed by atoms with van der Waals surface area (Å²) in [5.74, 6) is -3.99. The van der Waals surface area contributed by atoms with E-state index < -0.39 is 35.5 Å². The lowest BCUT2D eigenvalue weighted by molar-refractivity contribution is -0.138. The van der Waals surface area contributed by atoms with E-state index in [0.29, 0.717) is 17.7 Å². The Morgan fingerprint density at radius 3 is 2.39 bits per heavy atom. The van der Waals surface area contributed by atoms with Gasteiger partial charge in [-0.05, 0) is 55.2 Å². The Morgan fingerprint density at radius 2 is 1.79 bits per heavy atom. The highest BCUT2D eigenvalue weighted by Gasteiger charge is 2.45. The first-order chi connectivity index (χ1) is 13.3. The van der Waals surface area contributed by atoms with E-state index in [9.17, 15) is 23.2 Å². The van der Waals surface area contributed by atoms with Crippen molar-refractivity contribution in [1.82, 2.24) is 5.32 Å². The molecule has 0 radical (unpaired) electrons. The largest absolute Gasteiger partial charge is 0.480 e. The zero-order chi connectivity index (χ0) is 20.4. The van der Waals surface area contributed by atoms with Gasteiger partial charge in [0.05, 0.1) is 0 Å². The van der Waals surface area contributed by atoms with Crippen LogP contribution >= 0.6 is 0 Å². The highest BCUT2D eigenvalue weighted by Crippen LogP contribution is 2.48. The average molecular weight is 388 g/mol. The van der Waals surface area contributed by atoms with Gasteiger partial charge in [0.2, 0.25) is 5.91 Å². The molecule has 1 aliphatic carbocycles. The lowest BCUT2D eigenvalue weighted by atomic mass is 10.1. The summed E-state index contributed by atoms with van der Waals surface area (Å²) in [6.07, 6.45) is 0.474. The number of benzene rings is 2. The molecule has 0 heterocycles. The smallest absolute Gasteiger partial charge is 0.325 e. The van der Waals surface area contributed by atoms with Gasteiger partial charge < -0.3 is 15.7 Å². The monoisotopic (exact) mass is 388 g/mol. The summed E-state index contributed by atoms with van der Waals surface area (Å²) in [5, 5.41) is 13.8. The second-order valence-corrected chi connectivity index (χ2v) is 6.71. The topological polar surface area (TPSA) is 95.5 Å². The van der Waals surface area contributed by atoms with Crippen molar-refractivity contribution in [1.29, 1.82) is 0 Å². The zero-order valence-corrected chi connectivity index (χ0v) is 14.9. The molecule has 0 bridgehead atoms. The van der Waals surface area contributed by atoms with E-state index >= 15 is 0 Å². The minimum atomic E-state index is -1.14. The van der Waals surface area contributed by atoms with Gasteiger partial charge in [0.15, 0.2) is 0 Å². The Bertz CT molecular complexity index is 930. The number of halogens is 2. The number of carboxylic acid groups (broad SMARTS) is 1. The van der Waals surface area contributed by atoms with Crippen molar-refractivity contribution >= 4 is 23.5 Å². The van der Waals surface area contributed by atoms with Gasteiger partial charge in [-0.3, -0.25) is 14.4 Å². The van der Waals surface area contributed by atoms with Crippen molar-refractivity contribution in [3.05, 3.63) is 65.2 Å². The maximum absolute atomic E-state index is 13.8. The van der Waals surface area contributed by atoms with E-state index in [1.54, 1.807) is 0 Å². The number of carboxylic acids is 1. The lowest BCUT2D eigenvalue weighted by Crippen LogP contribution is -2.38. The summed E-state index contributed by atoms with van der Waals surface area (Å²) in [6.45, 7) is 1.35. The Hall–Kier alpha value is -3.29. The second-order valence-electron chi connectivity index (χ2n) is 6.71. The average Bonchev–Trinajstić information content (AvgIpc) is 3.42. The van der Waals surface area contributed by atoms with E-state index in [0.717, 1.165) is 6.07 Å². The third kappa shape index (κ3) is 4.33. The van der Waals surface area contributed by atoms with Gasteiger partial charge in [-0.1, -0.05) is 6.07 Å². The van der Waals surface area contributed by atoms with Crippen molar-refractivity contribution in [2.45, 2.75) is 25.3 Å². The van der Waals surface area contributed by atoms with Crippen LogP contribution in [0, 0.1) is 17.6 Å². The Kier molecular flexibility index (Phi) is 5.39. The van der Waals surface area contributed by atoms with Crippen LogP contribution in [0.1, 0.15) is 35.2 Å². The number of amides is 2. The number of nitrogens with one attached hydrogen (secondary N) is 2. The zero-order valence-electron chi connectivity index (χ0n) is 14.9. The minimum absolute atomic E-state index is 0.254. The molecule has 1 saturated carbocycles. The summed E-state index contributed by atoms with van der Waals surface area (Å²) >= 11 is 0. The summed E-state index contributed by atoms with van der Waals surface area (Å²) in [4.78, 5) is 35.0. The van der Waals surface area contributed by atoms with Crippen LogP contribution in [0.15, 0.2) is 42.5 Å². The molecule has 0 saturated heterocycles. The molecule has 3 unspecified atom stereocenters. The van der Waals surface area contributed by atoms with Gasteiger partial charge in [-0.15, -0.1) is 0 Å². The van der Waals surface area contributed by atoms with Gasteiger partial charge in [0, 0.05) is 23.2 Å². The van der Waals surface area contributed by atoms with Gasteiger partial charge in [0.1, 0.15) is 17.7 Å². The predicted molar refractivity (Wildman–Crippen MR) is 96.8 cm³/mol. The third-order valence-electron chi connectivity index (χ3n) is 4.62. The highest BCUT2D eigenvalue weighted by molar-refractivity contribution is 5.98. The molecular formula is C20H18F2N2O4. The first-order valence-electron chi connectivity index (χ1n) is 8.66. The van der Waals surface area contributed by atoms with Crippen LogP contribution < -0.4 is 10.6 Å². The summed E-state index contributed by atoms with van der Waals surface area (Å²) in [6, 6.07) is 8.27. The molecule has 1 fully saturated rings. The van der Waals surface area contributed by atoms with E-state index in [1.807, 2.05) is 0 Å². The summed E-state index contributed by atoms with van der Waals surface area (Å²) < 4.78 is 26.8. The number of hydrogen-bond donors (Lipinski definition) is 3. The van der Waals surface area contributed by atoms with Crippen LogP contribution in [0.5, 0.6) is 0 Å². The molecule has 2 amide bonds. The maximum atomic E-state index is 13.8. The van der Waals surface area contributed by atoms with Crippen LogP contribution in [0.4, 0.5) is 14.5 Å². The number of carbonyl (C=O) groups excluding carboxylic acids is 2. The van der Waals surface area contributed by atoms with Crippen LogP contribution in [-0.2, 0) is 9.59 Å². The first-order valence-corrected chi connectivity index (χ1v) is 8.66. The lowest BCUT2D eigenvalue weighted by Gasteiger charge is -2.10. The summed E-state index contributed by atoms with van der Waals surface area (Å²) in [7, 11) is 0. The Labute approximate surface area is 159 Å². The van der Waals surface area contributed by atoms with Crippen molar-refractivity contribution in [2.75, 3.05) is 5.32 Å². The van der Waals surface area contributed by atoms with Crippen LogP contribution in [-0.4, -0.2) is 28.9 Å². The predicted octanol–water partition coefficient (Wildman–Crippen LogP) is 2.91. The highest BCUT2D eigenvalue weighted by atomic mass is 19.1. The fraction of sp³-hybridized carbons (Fsp3) is 0.250. The molecule has 2 aromatic carbocycles. The van der Waals surface area contributed by atoms with E-state index in [-0.39, 0.29) is 17.4 Å². The molecule has 2 aromatic rings. The van der Waals surface area contributed by atoms with Gasteiger partial charge in [0.25, 0.3) is 5.91 Å². The van der Waals surface area contributed by atoms with Crippen molar-refractivity contribution in [2.24, 2.45) is 5.92 Å². The van der Waals surface area contributed by atoms with Gasteiger partial charge in [-0.25, -0.2) is 8.78 Å². The SMILES string of the molecule is CC(NC(=O)c1ccc(NC(=O)C2CC2c2ccc(F)cc2F)cc1)C(=O)O. The Balaban J connectivity index is 1.58. The van der Waals surface area contributed by atoms with E-state index in [4.69, 9.17) is 5.11 Å². The third-order valence-corrected chi connectivity index (χ3v) is 4.62. The molecule has 28 heavy (non-hydrogen) atoms. The minimum Gasteiger partial charge on any atom is -0.480 e. The molecule has 8 heteroatoms. The fourth-order valence-electron chi connectivity index (χ4n) is 2.91. The Morgan fingerprint density at radius 1 is 1.11 bits per heavy atom. The van der Waals surface area contributed by atoms with Crippen LogP contribution in [0.2, 0.25) is 0 Å². The van der Waals surface area contributed by atoms with E-state index in [1.165, 1.54) is 43.3 Å².